The lowest BCUT2D eigenvalue weighted by Crippen LogP contribution is -2.37. The van der Waals surface area contributed by atoms with Crippen molar-refractivity contribution in [3.05, 3.63) is 45.1 Å². The van der Waals surface area contributed by atoms with Crippen LogP contribution in [-0.4, -0.2) is 47.7 Å². The fourth-order valence-corrected chi connectivity index (χ4v) is 4.03. The molecule has 2 atom stereocenters. The number of nitro groups is 1. The van der Waals surface area contributed by atoms with Gasteiger partial charge in [-0.3, -0.25) is 14.9 Å². The molecule has 1 heterocycles. The number of halogens is 1. The molecule has 1 aromatic carbocycles. The first kappa shape index (κ1) is 27.0. The zero-order valence-corrected chi connectivity index (χ0v) is 21.0. The van der Waals surface area contributed by atoms with Gasteiger partial charge in [0.2, 0.25) is 0 Å². The van der Waals surface area contributed by atoms with E-state index >= 15 is 0 Å². The first-order valence-electron chi connectivity index (χ1n) is 10.6. The summed E-state index contributed by atoms with van der Waals surface area (Å²) in [5, 5.41) is 22.0. The first-order valence-corrected chi connectivity index (χ1v) is 11.7. The van der Waals surface area contributed by atoms with Crippen LogP contribution in [0.4, 0.5) is 5.69 Å². The lowest BCUT2D eigenvalue weighted by molar-refractivity contribution is -0.385. The molecule has 0 N–H and O–H groups in total. The number of benzene rings is 1. The number of nitro benzene ring substituents is 1. The van der Waals surface area contributed by atoms with Crippen LogP contribution in [0.1, 0.15) is 45.1 Å². The summed E-state index contributed by atoms with van der Waals surface area (Å²) in [5.41, 5.74) is -0.258. The first-order chi connectivity index (χ1) is 16.2. The third-order valence-electron chi connectivity index (χ3n) is 5.08. The van der Waals surface area contributed by atoms with Crippen molar-refractivity contribution in [3.8, 4) is 11.8 Å². The average Bonchev–Trinajstić information content (AvgIpc) is 2.79. The molecule has 11 heteroatoms. The summed E-state index contributed by atoms with van der Waals surface area (Å²) in [6, 6.07) is 5.83. The molecule has 1 aliphatic heterocycles. The number of unbranched alkanes of at least 4 members (excludes halogenated alkanes) is 1. The van der Waals surface area contributed by atoms with Crippen molar-refractivity contribution in [2.24, 2.45) is 10.9 Å². The zero-order valence-electron chi connectivity index (χ0n) is 19.4. The van der Waals surface area contributed by atoms with Gasteiger partial charge in [0.25, 0.3) is 5.69 Å². The minimum atomic E-state index is -1.14. The summed E-state index contributed by atoms with van der Waals surface area (Å²) < 4.78 is 16.2. The van der Waals surface area contributed by atoms with E-state index in [-0.39, 0.29) is 34.0 Å². The number of allylic oxidation sites excluding steroid dienone is 1. The van der Waals surface area contributed by atoms with Crippen molar-refractivity contribution >= 4 is 39.3 Å². The molecule has 0 saturated carbocycles. The summed E-state index contributed by atoms with van der Waals surface area (Å²) in [6.45, 7) is 5.19. The lowest BCUT2D eigenvalue weighted by Gasteiger charge is -2.32. The van der Waals surface area contributed by atoms with Crippen LogP contribution >= 0.6 is 15.9 Å². The monoisotopic (exact) mass is 535 g/mol. The van der Waals surface area contributed by atoms with Gasteiger partial charge in [0, 0.05) is 34.7 Å². The van der Waals surface area contributed by atoms with Crippen LogP contribution in [0, 0.1) is 27.4 Å². The Morgan fingerprint density at radius 1 is 1.32 bits per heavy atom. The van der Waals surface area contributed by atoms with E-state index in [1.807, 2.05) is 6.07 Å². The molecule has 182 valence electrons. The highest BCUT2D eigenvalue weighted by Gasteiger charge is 2.45. The lowest BCUT2D eigenvalue weighted by atomic mass is 9.75. The SMILES string of the molecule is COC(=O)C1=C(C#N)N=C(C)C(C(=O)OC(C)C)C1c1cc([N+](=O)[O-])ccc1OCCCCBr. The number of carbonyl (C=O) groups is 2. The normalized spacial score (nSPS) is 17.6. The number of hydrogen-bond donors (Lipinski definition) is 0. The molecule has 10 nitrogen and oxygen atoms in total. The molecule has 0 aromatic heterocycles. The molecule has 0 fully saturated rings. The number of methoxy groups -OCH3 is 1. The molecule has 2 unspecified atom stereocenters. The summed E-state index contributed by atoms with van der Waals surface area (Å²) >= 11 is 3.35. The maximum atomic E-state index is 13.1. The predicted molar refractivity (Wildman–Crippen MR) is 127 cm³/mol. The Hall–Kier alpha value is -3.26. The fourth-order valence-electron chi connectivity index (χ4n) is 3.63. The second-order valence-corrected chi connectivity index (χ2v) is 8.58. The molecule has 0 aliphatic carbocycles. The molecule has 2 rings (SSSR count). The molecule has 0 spiro atoms. The summed E-state index contributed by atoms with van der Waals surface area (Å²) in [7, 11) is 1.14. The van der Waals surface area contributed by atoms with E-state index in [2.05, 4.69) is 20.9 Å². The van der Waals surface area contributed by atoms with Gasteiger partial charge in [-0.15, -0.1) is 0 Å². The third kappa shape index (κ3) is 6.20. The summed E-state index contributed by atoms with van der Waals surface area (Å²) in [4.78, 5) is 41.1. The number of non-ortho nitro benzene ring substituents is 1. The number of aliphatic imine (C=N–C) groups is 1. The van der Waals surface area contributed by atoms with Gasteiger partial charge in [0.05, 0.1) is 30.3 Å². The van der Waals surface area contributed by atoms with Gasteiger partial charge in [-0.25, -0.2) is 9.79 Å². The second kappa shape index (κ2) is 12.3. The molecule has 0 saturated heterocycles. The summed E-state index contributed by atoms with van der Waals surface area (Å²) in [6.07, 6.45) is 1.08. The molecule has 0 radical (unpaired) electrons. The van der Waals surface area contributed by atoms with E-state index in [9.17, 15) is 25.0 Å². The van der Waals surface area contributed by atoms with E-state index in [1.54, 1.807) is 20.8 Å². The van der Waals surface area contributed by atoms with Crippen molar-refractivity contribution < 1.29 is 28.7 Å². The Labute approximate surface area is 205 Å². The molecule has 0 amide bonds. The molecule has 1 aliphatic rings. The van der Waals surface area contributed by atoms with Crippen molar-refractivity contribution in [2.75, 3.05) is 19.0 Å². The van der Waals surface area contributed by atoms with E-state index in [4.69, 9.17) is 14.2 Å². The van der Waals surface area contributed by atoms with Crippen molar-refractivity contribution in [2.45, 2.75) is 45.6 Å². The highest BCUT2D eigenvalue weighted by atomic mass is 79.9. The maximum Gasteiger partial charge on any atom is 0.337 e. The highest BCUT2D eigenvalue weighted by Crippen LogP contribution is 2.44. The van der Waals surface area contributed by atoms with Crippen LogP contribution in [-0.2, 0) is 19.1 Å². The molecule has 0 bridgehead atoms. The van der Waals surface area contributed by atoms with E-state index in [0.717, 1.165) is 18.9 Å². The van der Waals surface area contributed by atoms with E-state index in [1.165, 1.54) is 18.2 Å². The maximum absolute atomic E-state index is 13.1. The van der Waals surface area contributed by atoms with Crippen molar-refractivity contribution in [1.29, 1.82) is 5.26 Å². The minimum absolute atomic E-state index is 0.188. The number of carbonyl (C=O) groups excluding carboxylic acids is 2. The van der Waals surface area contributed by atoms with E-state index in [0.29, 0.717) is 13.0 Å². The number of esters is 2. The Balaban J connectivity index is 2.78. The molecular formula is C23H26BrN3O7. The smallest absolute Gasteiger partial charge is 0.337 e. The molecule has 1 aromatic rings. The highest BCUT2D eigenvalue weighted by molar-refractivity contribution is 9.09. The third-order valence-corrected chi connectivity index (χ3v) is 5.64. The average molecular weight is 536 g/mol. The summed E-state index contributed by atoms with van der Waals surface area (Å²) in [5.74, 6) is -3.58. The Bertz CT molecular complexity index is 1060. The number of rotatable bonds is 10. The fraction of sp³-hybridized carbons (Fsp3) is 0.478. The van der Waals surface area contributed by atoms with Gasteiger partial charge in [0.15, 0.2) is 5.70 Å². The number of nitriles is 1. The quantitative estimate of drug-likeness (QED) is 0.142. The van der Waals surface area contributed by atoms with Crippen LogP contribution in [0.5, 0.6) is 5.75 Å². The van der Waals surface area contributed by atoms with Gasteiger partial charge in [0.1, 0.15) is 17.7 Å². The molecular weight excluding hydrogens is 510 g/mol. The van der Waals surface area contributed by atoms with Crippen LogP contribution < -0.4 is 4.74 Å². The van der Waals surface area contributed by atoms with Gasteiger partial charge < -0.3 is 14.2 Å². The standard InChI is InChI=1S/C23H26BrN3O7/c1-13(2)34-23(29)19-14(3)26-17(12-25)21(22(28)32-4)20(19)16-11-15(27(30)31)7-8-18(16)33-10-6-5-9-24/h7-8,11,13,19-20H,5-6,9-10H2,1-4H3. The zero-order chi connectivity index (χ0) is 25.4. The van der Waals surface area contributed by atoms with Gasteiger partial charge in [-0.1, -0.05) is 15.9 Å². The van der Waals surface area contributed by atoms with Gasteiger partial charge in [-0.05, 0) is 39.7 Å². The Morgan fingerprint density at radius 2 is 2.03 bits per heavy atom. The van der Waals surface area contributed by atoms with Crippen molar-refractivity contribution in [1.82, 2.24) is 0 Å². The largest absolute Gasteiger partial charge is 0.493 e. The van der Waals surface area contributed by atoms with Crippen LogP contribution in [0.15, 0.2) is 34.5 Å². The van der Waals surface area contributed by atoms with E-state index < -0.39 is 34.8 Å². The number of ether oxygens (including phenoxy) is 3. The van der Waals surface area contributed by atoms with Crippen molar-refractivity contribution in [3.63, 3.8) is 0 Å². The Morgan fingerprint density at radius 3 is 2.59 bits per heavy atom. The number of hydrogen-bond acceptors (Lipinski definition) is 9. The Kier molecular flexibility index (Phi) is 9.74. The second-order valence-electron chi connectivity index (χ2n) is 7.78. The topological polar surface area (TPSA) is 141 Å². The molecule has 34 heavy (non-hydrogen) atoms. The van der Waals surface area contributed by atoms with Gasteiger partial charge >= 0.3 is 11.9 Å². The number of nitrogens with zero attached hydrogens (tertiary/aromatic N) is 3. The van der Waals surface area contributed by atoms with Crippen LogP contribution in [0.25, 0.3) is 0 Å². The minimum Gasteiger partial charge on any atom is -0.493 e. The van der Waals surface area contributed by atoms with Crippen LogP contribution in [0.2, 0.25) is 0 Å². The van der Waals surface area contributed by atoms with Crippen LogP contribution in [0.3, 0.4) is 0 Å². The number of alkyl halides is 1. The predicted octanol–water partition coefficient (Wildman–Crippen LogP) is 4.23. The van der Waals surface area contributed by atoms with Gasteiger partial charge in [-0.2, -0.15) is 5.26 Å².